The van der Waals surface area contributed by atoms with Gasteiger partial charge in [0.05, 0.1) is 6.10 Å². The van der Waals surface area contributed by atoms with Crippen molar-refractivity contribution >= 4 is 0 Å². The lowest BCUT2D eigenvalue weighted by atomic mass is 10.0. The molecule has 1 fully saturated rings. The van der Waals surface area contributed by atoms with E-state index in [1.807, 2.05) is 0 Å². The van der Waals surface area contributed by atoms with Gasteiger partial charge in [-0.25, -0.2) is 0 Å². The number of ether oxygens (including phenoxy) is 1. The highest BCUT2D eigenvalue weighted by Gasteiger charge is 2.16. The van der Waals surface area contributed by atoms with Gasteiger partial charge < -0.3 is 15.0 Å². The van der Waals surface area contributed by atoms with Crippen molar-refractivity contribution in [1.82, 2.24) is 10.2 Å². The summed E-state index contributed by atoms with van der Waals surface area (Å²) >= 11 is 0. The molecule has 0 aromatic heterocycles. The van der Waals surface area contributed by atoms with Gasteiger partial charge in [-0.1, -0.05) is 13.8 Å². The molecule has 1 aliphatic heterocycles. The summed E-state index contributed by atoms with van der Waals surface area (Å²) in [5.41, 5.74) is 0. The van der Waals surface area contributed by atoms with E-state index >= 15 is 0 Å². The Hall–Kier alpha value is -0.120. The van der Waals surface area contributed by atoms with Crippen LogP contribution in [0.4, 0.5) is 0 Å². The van der Waals surface area contributed by atoms with Crippen LogP contribution in [0.15, 0.2) is 0 Å². The molecule has 2 atom stereocenters. The Bertz CT molecular complexity index is 203. The first-order chi connectivity index (χ1) is 8.58. The summed E-state index contributed by atoms with van der Waals surface area (Å²) in [5.74, 6) is 0.816. The average molecular weight is 256 g/mol. The first-order valence-corrected chi connectivity index (χ1v) is 7.61. The number of hydrogen-bond donors (Lipinski definition) is 1. The minimum Gasteiger partial charge on any atom is -0.377 e. The van der Waals surface area contributed by atoms with E-state index in [0.29, 0.717) is 12.1 Å². The SMILES string of the molecule is CC(C)CCC(C)NCCN(C)CC1CCCO1. The summed E-state index contributed by atoms with van der Waals surface area (Å²) < 4.78 is 5.65. The third-order valence-corrected chi connectivity index (χ3v) is 3.70. The van der Waals surface area contributed by atoms with E-state index in [0.717, 1.165) is 32.2 Å². The molecule has 3 nitrogen and oxygen atoms in total. The lowest BCUT2D eigenvalue weighted by Gasteiger charge is -2.22. The van der Waals surface area contributed by atoms with Crippen molar-refractivity contribution in [2.75, 3.05) is 33.3 Å². The fraction of sp³-hybridized carbons (Fsp3) is 1.00. The zero-order chi connectivity index (χ0) is 13.4. The Labute approximate surface area is 113 Å². The maximum absolute atomic E-state index is 5.65. The van der Waals surface area contributed by atoms with Crippen LogP contribution in [-0.2, 0) is 4.74 Å². The number of hydrogen-bond acceptors (Lipinski definition) is 3. The van der Waals surface area contributed by atoms with Gasteiger partial charge in [0.2, 0.25) is 0 Å². The smallest absolute Gasteiger partial charge is 0.0702 e. The standard InChI is InChI=1S/C15H32N2O/c1-13(2)7-8-14(3)16-9-10-17(4)12-15-6-5-11-18-15/h13-16H,5-12H2,1-4H3. The molecule has 108 valence electrons. The third kappa shape index (κ3) is 7.34. The summed E-state index contributed by atoms with van der Waals surface area (Å²) in [5, 5.41) is 3.61. The normalized spacial score (nSPS) is 22.0. The van der Waals surface area contributed by atoms with Gasteiger partial charge in [-0.05, 0) is 45.6 Å². The summed E-state index contributed by atoms with van der Waals surface area (Å²) in [6.07, 6.45) is 5.56. The first-order valence-electron chi connectivity index (χ1n) is 7.61. The molecule has 1 N–H and O–H groups in total. The fourth-order valence-corrected chi connectivity index (χ4v) is 2.41. The van der Waals surface area contributed by atoms with Crippen LogP contribution >= 0.6 is 0 Å². The maximum Gasteiger partial charge on any atom is 0.0702 e. The molecule has 0 bridgehead atoms. The Morgan fingerprint density at radius 2 is 2.06 bits per heavy atom. The van der Waals surface area contributed by atoms with Crippen LogP contribution in [0.1, 0.15) is 46.5 Å². The van der Waals surface area contributed by atoms with Crippen LogP contribution in [0.3, 0.4) is 0 Å². The van der Waals surface area contributed by atoms with Crippen molar-refractivity contribution in [3.8, 4) is 0 Å². The monoisotopic (exact) mass is 256 g/mol. The summed E-state index contributed by atoms with van der Waals surface area (Å²) in [4.78, 5) is 2.39. The minimum atomic E-state index is 0.480. The van der Waals surface area contributed by atoms with Gasteiger partial charge in [-0.3, -0.25) is 0 Å². The quantitative estimate of drug-likeness (QED) is 0.686. The fourth-order valence-electron chi connectivity index (χ4n) is 2.41. The topological polar surface area (TPSA) is 24.5 Å². The van der Waals surface area contributed by atoms with E-state index in [2.05, 4.69) is 38.0 Å². The van der Waals surface area contributed by atoms with Gasteiger partial charge >= 0.3 is 0 Å². The van der Waals surface area contributed by atoms with E-state index in [9.17, 15) is 0 Å². The maximum atomic E-state index is 5.65. The van der Waals surface area contributed by atoms with E-state index < -0.39 is 0 Å². The van der Waals surface area contributed by atoms with Gasteiger partial charge in [0.15, 0.2) is 0 Å². The molecule has 18 heavy (non-hydrogen) atoms. The summed E-state index contributed by atoms with van der Waals surface area (Å²) in [6, 6.07) is 0.642. The third-order valence-electron chi connectivity index (χ3n) is 3.70. The van der Waals surface area contributed by atoms with Gasteiger partial charge in [0, 0.05) is 32.3 Å². The van der Waals surface area contributed by atoms with Gasteiger partial charge in [0.25, 0.3) is 0 Å². The van der Waals surface area contributed by atoms with Gasteiger partial charge in [0.1, 0.15) is 0 Å². The molecule has 0 saturated carbocycles. The number of nitrogens with one attached hydrogen (secondary N) is 1. The molecular weight excluding hydrogens is 224 g/mol. The molecule has 1 saturated heterocycles. The zero-order valence-corrected chi connectivity index (χ0v) is 12.7. The molecule has 0 aromatic rings. The highest BCUT2D eigenvalue weighted by Crippen LogP contribution is 2.12. The molecule has 1 rings (SSSR count). The second-order valence-electron chi connectivity index (χ2n) is 6.22. The van der Waals surface area contributed by atoms with Crippen molar-refractivity contribution < 1.29 is 4.74 Å². The molecule has 3 heteroatoms. The summed E-state index contributed by atoms with van der Waals surface area (Å²) in [7, 11) is 2.20. The minimum absolute atomic E-state index is 0.480. The highest BCUT2D eigenvalue weighted by atomic mass is 16.5. The van der Waals surface area contributed by atoms with Crippen LogP contribution in [0.25, 0.3) is 0 Å². The van der Waals surface area contributed by atoms with Crippen molar-refractivity contribution in [3.05, 3.63) is 0 Å². The highest BCUT2D eigenvalue weighted by molar-refractivity contribution is 4.70. The van der Waals surface area contributed by atoms with Crippen molar-refractivity contribution in [3.63, 3.8) is 0 Å². The first kappa shape index (κ1) is 15.9. The second-order valence-corrected chi connectivity index (χ2v) is 6.22. The number of rotatable bonds is 9. The molecular formula is C15H32N2O. The predicted molar refractivity (Wildman–Crippen MR) is 78.0 cm³/mol. The lowest BCUT2D eigenvalue weighted by Crippen LogP contribution is -2.37. The van der Waals surface area contributed by atoms with Crippen LogP contribution in [0, 0.1) is 5.92 Å². The molecule has 0 aliphatic carbocycles. The Balaban J connectivity index is 1.98. The van der Waals surface area contributed by atoms with Crippen molar-refractivity contribution in [1.29, 1.82) is 0 Å². The molecule has 0 spiro atoms. The van der Waals surface area contributed by atoms with E-state index in [1.165, 1.54) is 25.7 Å². The molecule has 1 heterocycles. The largest absolute Gasteiger partial charge is 0.377 e. The average Bonchev–Trinajstić information content (AvgIpc) is 2.79. The zero-order valence-electron chi connectivity index (χ0n) is 12.7. The molecule has 0 aromatic carbocycles. The van der Waals surface area contributed by atoms with E-state index in [4.69, 9.17) is 4.74 Å². The van der Waals surface area contributed by atoms with Gasteiger partial charge in [-0.15, -0.1) is 0 Å². The number of likely N-dealkylation sites (N-methyl/N-ethyl adjacent to an activating group) is 1. The van der Waals surface area contributed by atoms with Crippen LogP contribution in [0.2, 0.25) is 0 Å². The molecule has 0 amide bonds. The van der Waals surface area contributed by atoms with Crippen molar-refractivity contribution in [2.24, 2.45) is 5.92 Å². The number of nitrogens with zero attached hydrogens (tertiary/aromatic N) is 1. The Morgan fingerprint density at radius 1 is 1.28 bits per heavy atom. The van der Waals surface area contributed by atoms with Crippen LogP contribution in [0.5, 0.6) is 0 Å². The lowest BCUT2D eigenvalue weighted by molar-refractivity contribution is 0.0813. The predicted octanol–water partition coefficient (Wildman–Crippen LogP) is 2.51. The van der Waals surface area contributed by atoms with E-state index in [1.54, 1.807) is 0 Å². The van der Waals surface area contributed by atoms with Gasteiger partial charge in [-0.2, -0.15) is 0 Å². The van der Waals surface area contributed by atoms with Crippen LogP contribution < -0.4 is 5.32 Å². The Morgan fingerprint density at radius 3 is 2.67 bits per heavy atom. The Kier molecular flexibility index (Phi) is 7.87. The second kappa shape index (κ2) is 8.89. The molecule has 0 radical (unpaired) electrons. The molecule has 2 unspecified atom stereocenters. The van der Waals surface area contributed by atoms with E-state index in [-0.39, 0.29) is 0 Å². The van der Waals surface area contributed by atoms with Crippen LogP contribution in [-0.4, -0.2) is 50.3 Å². The van der Waals surface area contributed by atoms with Crippen molar-refractivity contribution in [2.45, 2.75) is 58.6 Å². The summed E-state index contributed by atoms with van der Waals surface area (Å²) in [6.45, 7) is 11.1. The molecule has 1 aliphatic rings.